The van der Waals surface area contributed by atoms with Gasteiger partial charge < -0.3 is 14.6 Å². The second kappa shape index (κ2) is 10.1. The van der Waals surface area contributed by atoms with Crippen LogP contribution in [0.2, 0.25) is 0 Å². The molecule has 1 fully saturated rings. The van der Waals surface area contributed by atoms with E-state index in [0.29, 0.717) is 24.5 Å². The smallest absolute Gasteiger partial charge is 0.166 e. The van der Waals surface area contributed by atoms with Crippen molar-refractivity contribution in [1.29, 1.82) is 0 Å². The van der Waals surface area contributed by atoms with Crippen molar-refractivity contribution in [3.05, 3.63) is 53.6 Å². The van der Waals surface area contributed by atoms with Crippen molar-refractivity contribution in [2.45, 2.75) is 32.2 Å². The molecule has 0 amide bonds. The third-order valence-corrected chi connectivity index (χ3v) is 5.17. The number of rotatable bonds is 8. The first-order chi connectivity index (χ1) is 13.7. The fourth-order valence-electron chi connectivity index (χ4n) is 3.65. The molecule has 2 aromatic carbocycles. The predicted molar refractivity (Wildman–Crippen MR) is 113 cm³/mol. The third-order valence-electron chi connectivity index (χ3n) is 5.17. The Morgan fingerprint density at radius 3 is 2.54 bits per heavy atom. The van der Waals surface area contributed by atoms with Crippen molar-refractivity contribution in [2.24, 2.45) is 4.99 Å². The molecule has 1 atom stereocenters. The molecule has 1 aliphatic rings. The van der Waals surface area contributed by atoms with Gasteiger partial charge in [0.15, 0.2) is 11.5 Å². The van der Waals surface area contributed by atoms with Crippen LogP contribution in [0, 0.1) is 0 Å². The molecule has 1 aliphatic heterocycles. The van der Waals surface area contributed by atoms with E-state index in [4.69, 9.17) is 9.47 Å². The minimum Gasteiger partial charge on any atom is -0.504 e. The van der Waals surface area contributed by atoms with Crippen LogP contribution in [-0.2, 0) is 0 Å². The molecule has 0 unspecified atom stereocenters. The summed E-state index contributed by atoms with van der Waals surface area (Å²) in [5.74, 6) is 1.50. The summed E-state index contributed by atoms with van der Waals surface area (Å²) in [6, 6.07) is 14.0. The van der Waals surface area contributed by atoms with Gasteiger partial charge in [0.05, 0.1) is 26.3 Å². The molecule has 5 heteroatoms. The van der Waals surface area contributed by atoms with Crippen LogP contribution in [0.25, 0.3) is 0 Å². The standard InChI is InChI=1S/C23H30N2O3/c1-3-28-22-9-7-8-19(23(22)26)16-24-17-21(25-14-5-4-6-15-25)18-10-12-20(27-2)13-11-18/h7-13,16,21,26H,3-6,14-15,17H2,1-2H3/t21-/m1/s1. The zero-order chi connectivity index (χ0) is 19.8. The summed E-state index contributed by atoms with van der Waals surface area (Å²) in [6.45, 7) is 5.25. The van der Waals surface area contributed by atoms with Gasteiger partial charge in [0.25, 0.3) is 0 Å². The van der Waals surface area contributed by atoms with E-state index in [0.717, 1.165) is 18.8 Å². The third kappa shape index (κ3) is 5.04. The minimum absolute atomic E-state index is 0.145. The first-order valence-corrected chi connectivity index (χ1v) is 10.1. The summed E-state index contributed by atoms with van der Waals surface area (Å²) >= 11 is 0. The number of aromatic hydroxyl groups is 1. The monoisotopic (exact) mass is 382 g/mol. The highest BCUT2D eigenvalue weighted by Gasteiger charge is 2.22. The maximum absolute atomic E-state index is 10.4. The first kappa shape index (κ1) is 20.2. The first-order valence-electron chi connectivity index (χ1n) is 10.1. The fraction of sp³-hybridized carbons (Fsp3) is 0.435. The topological polar surface area (TPSA) is 54.3 Å². The van der Waals surface area contributed by atoms with E-state index in [-0.39, 0.29) is 11.8 Å². The number of likely N-dealkylation sites (tertiary alicyclic amines) is 1. The summed E-state index contributed by atoms with van der Waals surface area (Å²) in [7, 11) is 1.68. The largest absolute Gasteiger partial charge is 0.504 e. The molecule has 0 aliphatic carbocycles. The summed E-state index contributed by atoms with van der Waals surface area (Å²) in [6.07, 6.45) is 5.51. The molecular formula is C23H30N2O3. The van der Waals surface area contributed by atoms with Crippen LogP contribution < -0.4 is 9.47 Å². The average Bonchev–Trinajstić information content (AvgIpc) is 2.74. The number of ether oxygens (including phenoxy) is 2. The van der Waals surface area contributed by atoms with Crippen LogP contribution in [0.15, 0.2) is 47.5 Å². The summed E-state index contributed by atoms with van der Waals surface area (Å²) in [5, 5.41) is 10.4. The van der Waals surface area contributed by atoms with Gasteiger partial charge in [-0.1, -0.05) is 24.6 Å². The summed E-state index contributed by atoms with van der Waals surface area (Å²) in [5.41, 5.74) is 1.92. The lowest BCUT2D eigenvalue weighted by Gasteiger charge is -2.34. The van der Waals surface area contributed by atoms with Crippen LogP contribution in [0.5, 0.6) is 17.2 Å². The number of hydrogen-bond donors (Lipinski definition) is 1. The van der Waals surface area contributed by atoms with E-state index >= 15 is 0 Å². The van der Waals surface area contributed by atoms with Gasteiger partial charge in [0.2, 0.25) is 0 Å². The van der Waals surface area contributed by atoms with Gasteiger partial charge in [-0.05, 0) is 62.7 Å². The number of methoxy groups -OCH3 is 1. The van der Waals surface area contributed by atoms with Gasteiger partial charge in [-0.25, -0.2) is 0 Å². The van der Waals surface area contributed by atoms with E-state index in [9.17, 15) is 5.11 Å². The molecule has 150 valence electrons. The van der Waals surface area contributed by atoms with Crippen molar-refractivity contribution >= 4 is 6.21 Å². The molecule has 1 saturated heterocycles. The van der Waals surface area contributed by atoms with Gasteiger partial charge in [-0.3, -0.25) is 9.89 Å². The highest BCUT2D eigenvalue weighted by atomic mass is 16.5. The normalized spacial score (nSPS) is 16.2. The zero-order valence-corrected chi connectivity index (χ0v) is 16.8. The SMILES string of the molecule is CCOc1cccc(C=NC[C@H](c2ccc(OC)cc2)N2CCCCC2)c1O. The number of benzene rings is 2. The number of hydrogen-bond acceptors (Lipinski definition) is 5. The van der Waals surface area contributed by atoms with E-state index in [2.05, 4.69) is 22.0 Å². The lowest BCUT2D eigenvalue weighted by molar-refractivity contribution is 0.168. The highest BCUT2D eigenvalue weighted by molar-refractivity contribution is 5.84. The number of para-hydroxylation sites is 1. The fourth-order valence-corrected chi connectivity index (χ4v) is 3.65. The van der Waals surface area contributed by atoms with Crippen LogP contribution in [0.1, 0.15) is 43.4 Å². The Morgan fingerprint density at radius 2 is 1.86 bits per heavy atom. The molecule has 0 spiro atoms. The summed E-state index contributed by atoms with van der Waals surface area (Å²) < 4.78 is 10.8. The van der Waals surface area contributed by atoms with Crippen LogP contribution in [0.4, 0.5) is 0 Å². The van der Waals surface area contributed by atoms with Crippen molar-refractivity contribution in [3.8, 4) is 17.2 Å². The van der Waals surface area contributed by atoms with Crippen molar-refractivity contribution in [1.82, 2.24) is 4.90 Å². The summed E-state index contributed by atoms with van der Waals surface area (Å²) in [4.78, 5) is 7.20. The van der Waals surface area contributed by atoms with Gasteiger partial charge in [0.1, 0.15) is 5.75 Å². The Kier molecular flexibility index (Phi) is 7.31. The molecule has 5 nitrogen and oxygen atoms in total. The molecule has 0 radical (unpaired) electrons. The van der Waals surface area contributed by atoms with Crippen molar-refractivity contribution in [2.75, 3.05) is 33.4 Å². The molecule has 0 bridgehead atoms. The van der Waals surface area contributed by atoms with Gasteiger partial charge >= 0.3 is 0 Å². The molecule has 2 aromatic rings. The molecule has 0 saturated carbocycles. The zero-order valence-electron chi connectivity index (χ0n) is 16.8. The average molecular weight is 383 g/mol. The van der Waals surface area contributed by atoms with E-state index in [1.54, 1.807) is 19.4 Å². The van der Waals surface area contributed by atoms with Gasteiger partial charge in [-0.15, -0.1) is 0 Å². The quantitative estimate of drug-likeness (QED) is 0.686. The van der Waals surface area contributed by atoms with Crippen LogP contribution in [0.3, 0.4) is 0 Å². The molecule has 28 heavy (non-hydrogen) atoms. The Balaban J connectivity index is 1.77. The second-order valence-corrected chi connectivity index (χ2v) is 7.01. The molecule has 1 N–H and O–H groups in total. The minimum atomic E-state index is 0.145. The van der Waals surface area contributed by atoms with Crippen LogP contribution >= 0.6 is 0 Å². The number of nitrogens with zero attached hydrogens (tertiary/aromatic N) is 2. The predicted octanol–water partition coefficient (Wildman–Crippen LogP) is 4.45. The lowest BCUT2D eigenvalue weighted by atomic mass is 10.0. The Bertz CT molecular complexity index is 768. The maximum atomic E-state index is 10.4. The van der Waals surface area contributed by atoms with E-state index < -0.39 is 0 Å². The Labute approximate surface area is 167 Å². The highest BCUT2D eigenvalue weighted by Crippen LogP contribution is 2.29. The van der Waals surface area contributed by atoms with Crippen LogP contribution in [-0.4, -0.2) is 49.6 Å². The van der Waals surface area contributed by atoms with E-state index in [1.165, 1.54) is 24.8 Å². The Hall–Kier alpha value is -2.53. The van der Waals surface area contributed by atoms with Gasteiger partial charge in [-0.2, -0.15) is 0 Å². The van der Waals surface area contributed by atoms with Gasteiger partial charge in [0, 0.05) is 11.8 Å². The molecular weight excluding hydrogens is 352 g/mol. The maximum Gasteiger partial charge on any atom is 0.166 e. The molecule has 0 aromatic heterocycles. The molecule has 1 heterocycles. The molecule has 3 rings (SSSR count). The number of aliphatic imine (C=N–C) groups is 1. The van der Waals surface area contributed by atoms with Crippen molar-refractivity contribution < 1.29 is 14.6 Å². The Morgan fingerprint density at radius 1 is 1.11 bits per heavy atom. The number of phenols is 1. The lowest BCUT2D eigenvalue weighted by Crippen LogP contribution is -2.35. The second-order valence-electron chi connectivity index (χ2n) is 7.01. The number of piperidine rings is 1. The number of phenolic OH excluding ortho intramolecular Hbond substituents is 1. The van der Waals surface area contributed by atoms with Crippen molar-refractivity contribution in [3.63, 3.8) is 0 Å². The van der Waals surface area contributed by atoms with E-state index in [1.807, 2.05) is 31.2 Å².